The number of hydrogen-bond acceptors (Lipinski definition) is 2. The highest BCUT2D eigenvalue weighted by molar-refractivity contribution is 6.33. The van der Waals surface area contributed by atoms with Crippen molar-refractivity contribution in [1.82, 2.24) is 0 Å². The van der Waals surface area contributed by atoms with Crippen molar-refractivity contribution in [3.63, 3.8) is 0 Å². The summed E-state index contributed by atoms with van der Waals surface area (Å²) in [6.07, 6.45) is 0.915. The Morgan fingerprint density at radius 1 is 1.36 bits per heavy atom. The van der Waals surface area contributed by atoms with E-state index in [4.69, 9.17) is 17.3 Å². The van der Waals surface area contributed by atoms with Gasteiger partial charge in [0.2, 0.25) is 0 Å². The van der Waals surface area contributed by atoms with E-state index in [1.165, 1.54) is 0 Å². The van der Waals surface area contributed by atoms with E-state index in [1.54, 1.807) is 0 Å². The van der Waals surface area contributed by atoms with Crippen LogP contribution in [0.2, 0.25) is 5.02 Å². The number of nitrogens with two attached hydrogens (primary N) is 1. The minimum absolute atomic E-state index is 0.0141. The van der Waals surface area contributed by atoms with E-state index in [-0.39, 0.29) is 5.54 Å². The average Bonchev–Trinajstić information content (AvgIpc) is 2.08. The van der Waals surface area contributed by atoms with Gasteiger partial charge in [0.25, 0.3) is 0 Å². The molecular weight excluding hydrogens is 196 g/mol. The van der Waals surface area contributed by atoms with Gasteiger partial charge in [-0.15, -0.1) is 0 Å². The van der Waals surface area contributed by atoms with Gasteiger partial charge in [0.05, 0.1) is 10.7 Å². The molecule has 0 fully saturated rings. The Morgan fingerprint density at radius 2 is 2.00 bits per heavy atom. The topological polar surface area (TPSA) is 38.0 Å². The highest BCUT2D eigenvalue weighted by atomic mass is 35.5. The van der Waals surface area contributed by atoms with Crippen molar-refractivity contribution < 1.29 is 0 Å². The molecule has 78 valence electrons. The van der Waals surface area contributed by atoms with Gasteiger partial charge in [0.1, 0.15) is 0 Å². The minimum Gasteiger partial charge on any atom is -0.379 e. The number of anilines is 1. The van der Waals surface area contributed by atoms with E-state index in [0.29, 0.717) is 6.54 Å². The zero-order valence-corrected chi connectivity index (χ0v) is 9.43. The minimum atomic E-state index is -0.0141. The Kier molecular flexibility index (Phi) is 3.78. The quantitative estimate of drug-likeness (QED) is 0.806. The van der Waals surface area contributed by atoms with Gasteiger partial charge in [0, 0.05) is 5.54 Å². The standard InChI is InChI=1S/C11H17ClN2/c1-11(2,7-8-13)14-10-6-4-3-5-9(10)12/h3-6,14H,7-8,13H2,1-2H3. The maximum atomic E-state index is 6.04. The lowest BCUT2D eigenvalue weighted by Crippen LogP contribution is -2.33. The first kappa shape index (κ1) is 11.3. The van der Waals surface area contributed by atoms with Crippen LogP contribution in [0.5, 0.6) is 0 Å². The molecule has 0 aromatic heterocycles. The van der Waals surface area contributed by atoms with E-state index >= 15 is 0 Å². The summed E-state index contributed by atoms with van der Waals surface area (Å²) < 4.78 is 0. The van der Waals surface area contributed by atoms with Crippen LogP contribution in [0.4, 0.5) is 5.69 Å². The molecule has 1 rings (SSSR count). The molecule has 0 aliphatic rings. The van der Waals surface area contributed by atoms with Crippen LogP contribution in [0.15, 0.2) is 24.3 Å². The fourth-order valence-electron chi connectivity index (χ4n) is 1.35. The molecule has 0 bridgehead atoms. The molecule has 2 nitrogen and oxygen atoms in total. The fourth-order valence-corrected chi connectivity index (χ4v) is 1.53. The molecular formula is C11H17ClN2. The van der Waals surface area contributed by atoms with E-state index in [1.807, 2.05) is 24.3 Å². The van der Waals surface area contributed by atoms with Crippen molar-refractivity contribution in [2.75, 3.05) is 11.9 Å². The van der Waals surface area contributed by atoms with E-state index < -0.39 is 0 Å². The Labute approximate surface area is 90.4 Å². The lowest BCUT2D eigenvalue weighted by Gasteiger charge is -2.27. The van der Waals surface area contributed by atoms with Crippen LogP contribution in [0, 0.1) is 0 Å². The Balaban J connectivity index is 2.73. The maximum Gasteiger partial charge on any atom is 0.0637 e. The molecule has 0 saturated heterocycles. The molecule has 0 unspecified atom stereocenters. The second-order valence-corrected chi connectivity index (χ2v) is 4.43. The maximum absolute atomic E-state index is 6.04. The van der Waals surface area contributed by atoms with Crippen LogP contribution in [0.25, 0.3) is 0 Å². The molecule has 0 saturated carbocycles. The molecule has 3 N–H and O–H groups in total. The molecule has 14 heavy (non-hydrogen) atoms. The monoisotopic (exact) mass is 212 g/mol. The van der Waals surface area contributed by atoms with E-state index in [9.17, 15) is 0 Å². The Morgan fingerprint density at radius 3 is 2.57 bits per heavy atom. The van der Waals surface area contributed by atoms with E-state index in [2.05, 4.69) is 19.2 Å². The van der Waals surface area contributed by atoms with Crippen LogP contribution in [-0.4, -0.2) is 12.1 Å². The molecule has 0 amide bonds. The Bertz CT molecular complexity index is 297. The molecule has 0 atom stereocenters. The molecule has 1 aromatic carbocycles. The molecule has 3 heteroatoms. The molecule has 1 aromatic rings. The molecule has 0 heterocycles. The normalized spacial score (nSPS) is 11.4. The van der Waals surface area contributed by atoms with Gasteiger partial charge in [-0.2, -0.15) is 0 Å². The highest BCUT2D eigenvalue weighted by Crippen LogP contribution is 2.25. The SMILES string of the molecule is CC(C)(CCN)Nc1ccccc1Cl. The number of nitrogens with one attached hydrogen (secondary N) is 1. The van der Waals surface area contributed by atoms with Gasteiger partial charge in [-0.25, -0.2) is 0 Å². The number of halogens is 1. The summed E-state index contributed by atoms with van der Waals surface area (Å²) in [7, 11) is 0. The van der Waals surface area contributed by atoms with Crippen LogP contribution in [-0.2, 0) is 0 Å². The summed E-state index contributed by atoms with van der Waals surface area (Å²) in [4.78, 5) is 0. The smallest absolute Gasteiger partial charge is 0.0637 e. The van der Waals surface area contributed by atoms with Crippen molar-refractivity contribution in [1.29, 1.82) is 0 Å². The van der Waals surface area contributed by atoms with Gasteiger partial charge in [-0.05, 0) is 38.9 Å². The highest BCUT2D eigenvalue weighted by Gasteiger charge is 2.16. The van der Waals surface area contributed by atoms with Gasteiger partial charge in [-0.3, -0.25) is 0 Å². The zero-order valence-electron chi connectivity index (χ0n) is 8.68. The molecule has 0 aliphatic heterocycles. The van der Waals surface area contributed by atoms with Crippen LogP contribution < -0.4 is 11.1 Å². The van der Waals surface area contributed by atoms with Crippen molar-refractivity contribution in [3.8, 4) is 0 Å². The third-order valence-electron chi connectivity index (χ3n) is 2.12. The first-order chi connectivity index (χ1) is 6.55. The fraction of sp³-hybridized carbons (Fsp3) is 0.455. The first-order valence-corrected chi connectivity index (χ1v) is 5.16. The predicted molar refractivity (Wildman–Crippen MR) is 62.8 cm³/mol. The Hall–Kier alpha value is -0.730. The van der Waals surface area contributed by atoms with Gasteiger partial charge < -0.3 is 11.1 Å². The van der Waals surface area contributed by atoms with Crippen LogP contribution in [0.1, 0.15) is 20.3 Å². The second-order valence-electron chi connectivity index (χ2n) is 4.03. The van der Waals surface area contributed by atoms with Crippen LogP contribution >= 0.6 is 11.6 Å². The van der Waals surface area contributed by atoms with Gasteiger partial charge in [-0.1, -0.05) is 23.7 Å². The summed E-state index contributed by atoms with van der Waals surface area (Å²) >= 11 is 6.04. The third-order valence-corrected chi connectivity index (χ3v) is 2.45. The van der Waals surface area contributed by atoms with Gasteiger partial charge in [0.15, 0.2) is 0 Å². The lowest BCUT2D eigenvalue weighted by molar-refractivity contribution is 0.526. The zero-order chi connectivity index (χ0) is 10.6. The van der Waals surface area contributed by atoms with Crippen molar-refractivity contribution in [2.24, 2.45) is 5.73 Å². The largest absolute Gasteiger partial charge is 0.379 e. The lowest BCUT2D eigenvalue weighted by atomic mass is 10.0. The second kappa shape index (κ2) is 4.67. The number of rotatable bonds is 4. The first-order valence-electron chi connectivity index (χ1n) is 4.78. The summed E-state index contributed by atoms with van der Waals surface area (Å²) in [5.41, 5.74) is 6.48. The number of para-hydroxylation sites is 1. The number of hydrogen-bond donors (Lipinski definition) is 2. The van der Waals surface area contributed by atoms with Gasteiger partial charge >= 0.3 is 0 Å². The van der Waals surface area contributed by atoms with Crippen molar-refractivity contribution in [3.05, 3.63) is 29.3 Å². The summed E-state index contributed by atoms with van der Waals surface area (Å²) in [6.45, 7) is 4.90. The molecule has 0 aliphatic carbocycles. The molecule has 0 spiro atoms. The van der Waals surface area contributed by atoms with Crippen molar-refractivity contribution >= 4 is 17.3 Å². The summed E-state index contributed by atoms with van der Waals surface area (Å²) in [5.74, 6) is 0. The number of benzene rings is 1. The van der Waals surface area contributed by atoms with Crippen LogP contribution in [0.3, 0.4) is 0 Å². The molecule has 0 radical (unpaired) electrons. The van der Waals surface area contributed by atoms with Crippen molar-refractivity contribution in [2.45, 2.75) is 25.8 Å². The predicted octanol–water partition coefficient (Wildman–Crippen LogP) is 2.88. The summed E-state index contributed by atoms with van der Waals surface area (Å²) in [6, 6.07) is 7.74. The third kappa shape index (κ3) is 3.20. The average molecular weight is 213 g/mol. The summed E-state index contributed by atoms with van der Waals surface area (Å²) in [5, 5.41) is 4.12. The van der Waals surface area contributed by atoms with E-state index in [0.717, 1.165) is 17.1 Å².